The summed E-state index contributed by atoms with van der Waals surface area (Å²) in [4.78, 5) is 0. The van der Waals surface area contributed by atoms with Gasteiger partial charge in [-0.25, -0.2) is 8.78 Å². The Bertz CT molecular complexity index is 600. The van der Waals surface area contributed by atoms with Gasteiger partial charge in [0.1, 0.15) is 17.4 Å². The maximum absolute atomic E-state index is 13.5. The minimum absolute atomic E-state index is 0.593. The van der Waals surface area contributed by atoms with Crippen LogP contribution >= 0.6 is 0 Å². The average Bonchev–Trinajstić information content (AvgIpc) is 2.24. The van der Waals surface area contributed by atoms with Crippen LogP contribution < -0.4 is 5.32 Å². The summed E-state index contributed by atoms with van der Waals surface area (Å²) >= 11 is 0. The van der Waals surface area contributed by atoms with E-state index in [9.17, 15) is 27.1 Å². The number of anilines is 1. The van der Waals surface area contributed by atoms with E-state index in [1.165, 1.54) is 0 Å². The van der Waals surface area contributed by atoms with Gasteiger partial charge in [-0.1, -0.05) is 0 Å². The summed E-state index contributed by atoms with van der Waals surface area (Å²) in [5, 5.41) is 9.25. The highest BCUT2D eigenvalue weighted by Gasteiger charge is 2.29. The van der Waals surface area contributed by atoms with Crippen LogP contribution in [0.25, 0.3) is 10.8 Å². The average molecular weight is 263 g/mol. The van der Waals surface area contributed by atoms with Crippen molar-refractivity contribution in [2.45, 2.75) is 6.30 Å². The third-order valence-electron chi connectivity index (χ3n) is 2.31. The Labute approximate surface area is 97.6 Å². The van der Waals surface area contributed by atoms with E-state index in [4.69, 9.17) is 0 Å². The van der Waals surface area contributed by atoms with Gasteiger partial charge in [-0.3, -0.25) is 5.32 Å². The van der Waals surface area contributed by atoms with Crippen LogP contribution in [-0.4, -0.2) is 11.4 Å². The van der Waals surface area contributed by atoms with Gasteiger partial charge in [0.2, 0.25) is 0 Å². The van der Waals surface area contributed by atoms with E-state index in [1.807, 2.05) is 0 Å². The monoisotopic (exact) mass is 263 g/mol. The number of nitrogens with one attached hydrogen (secondary N) is 1. The third-order valence-corrected chi connectivity index (χ3v) is 2.31. The zero-order valence-corrected chi connectivity index (χ0v) is 8.65. The molecule has 0 saturated carbocycles. The first-order valence-corrected chi connectivity index (χ1v) is 4.74. The molecule has 2 aromatic rings. The predicted molar refractivity (Wildman–Crippen MR) is 55.2 cm³/mol. The molecule has 0 aliphatic heterocycles. The number of fused-ring (bicyclic) bond motifs is 1. The number of benzene rings is 2. The van der Waals surface area contributed by atoms with Crippen LogP contribution in [-0.2, 0) is 0 Å². The van der Waals surface area contributed by atoms with Crippen LogP contribution in [0.3, 0.4) is 0 Å². The molecule has 18 heavy (non-hydrogen) atoms. The number of rotatable bonds is 1. The lowest BCUT2D eigenvalue weighted by atomic mass is 10.1. The largest absolute Gasteiger partial charge is 0.507 e. The molecule has 2 nitrogen and oxygen atoms in total. The molecule has 0 aliphatic carbocycles. The second-order valence-corrected chi connectivity index (χ2v) is 3.53. The second-order valence-electron chi connectivity index (χ2n) is 3.53. The first-order chi connectivity index (χ1) is 8.29. The van der Waals surface area contributed by atoms with Crippen LogP contribution in [0.5, 0.6) is 5.75 Å². The van der Waals surface area contributed by atoms with E-state index >= 15 is 0 Å². The summed E-state index contributed by atoms with van der Waals surface area (Å²) in [6.45, 7) is 0. The molecule has 0 bridgehead atoms. The molecule has 0 atom stereocenters. The SMILES string of the molecule is Oc1ccc(F)c2c(NC(F)(F)F)ccc(F)c12. The van der Waals surface area contributed by atoms with Crippen LogP contribution in [0.2, 0.25) is 0 Å². The molecular weight excluding hydrogens is 257 g/mol. The fourth-order valence-electron chi connectivity index (χ4n) is 1.65. The first-order valence-electron chi connectivity index (χ1n) is 4.74. The van der Waals surface area contributed by atoms with Gasteiger partial charge < -0.3 is 5.11 Å². The highest BCUT2D eigenvalue weighted by atomic mass is 19.4. The number of alkyl halides is 3. The number of hydrogen-bond acceptors (Lipinski definition) is 2. The lowest BCUT2D eigenvalue weighted by Gasteiger charge is -2.14. The zero-order chi connectivity index (χ0) is 13.5. The molecule has 2 aromatic carbocycles. The Morgan fingerprint density at radius 1 is 0.889 bits per heavy atom. The standard InChI is InChI=1S/C11H6F5NO/c12-5-2-4-8(18)10-6(13)1-3-7(9(5)10)17-11(14,15)16/h1-4,17-18H. The van der Waals surface area contributed by atoms with Gasteiger partial charge in [0.15, 0.2) is 0 Å². The van der Waals surface area contributed by atoms with E-state index in [-0.39, 0.29) is 0 Å². The number of phenols is 1. The number of phenolic OH excluding ortho intramolecular Hbond substituents is 1. The van der Waals surface area contributed by atoms with E-state index in [0.29, 0.717) is 0 Å². The summed E-state index contributed by atoms with van der Waals surface area (Å²) in [7, 11) is 0. The normalized spacial score (nSPS) is 11.8. The van der Waals surface area contributed by atoms with Gasteiger partial charge in [-0.2, -0.15) is 13.2 Å². The maximum atomic E-state index is 13.5. The Morgan fingerprint density at radius 3 is 2.06 bits per heavy atom. The van der Waals surface area contributed by atoms with Crippen LogP contribution in [0.4, 0.5) is 27.6 Å². The topological polar surface area (TPSA) is 32.3 Å². The molecule has 0 heterocycles. The van der Waals surface area contributed by atoms with Crippen molar-refractivity contribution in [2.75, 3.05) is 5.32 Å². The number of halogens is 5. The molecule has 96 valence electrons. The van der Waals surface area contributed by atoms with Crippen molar-refractivity contribution >= 4 is 16.5 Å². The zero-order valence-electron chi connectivity index (χ0n) is 8.65. The van der Waals surface area contributed by atoms with E-state index < -0.39 is 40.1 Å². The molecule has 0 aromatic heterocycles. The van der Waals surface area contributed by atoms with Gasteiger partial charge in [-0.05, 0) is 24.3 Å². The van der Waals surface area contributed by atoms with Crippen molar-refractivity contribution in [3.05, 3.63) is 35.9 Å². The Balaban J connectivity index is 2.77. The summed E-state index contributed by atoms with van der Waals surface area (Å²) in [5.74, 6) is -2.70. The Hall–Kier alpha value is -2.05. The van der Waals surface area contributed by atoms with Crippen molar-refractivity contribution < 1.29 is 27.1 Å². The quantitative estimate of drug-likeness (QED) is 0.606. The predicted octanol–water partition coefficient (Wildman–Crippen LogP) is 3.76. The molecule has 2 rings (SSSR count). The highest BCUT2D eigenvalue weighted by molar-refractivity contribution is 5.98. The number of aromatic hydroxyl groups is 1. The van der Waals surface area contributed by atoms with Crippen molar-refractivity contribution in [1.82, 2.24) is 0 Å². The first kappa shape index (κ1) is 12.4. The van der Waals surface area contributed by atoms with Gasteiger partial charge in [0, 0.05) is 5.39 Å². The summed E-state index contributed by atoms with van der Waals surface area (Å²) in [6, 6.07) is 3.11. The fraction of sp³-hybridized carbons (Fsp3) is 0.0909. The third kappa shape index (κ3) is 2.15. The van der Waals surface area contributed by atoms with Crippen LogP contribution in [0.1, 0.15) is 0 Å². The molecule has 0 amide bonds. The minimum atomic E-state index is -4.79. The Morgan fingerprint density at radius 2 is 1.44 bits per heavy atom. The van der Waals surface area contributed by atoms with Gasteiger partial charge >= 0.3 is 6.30 Å². The summed E-state index contributed by atoms with van der Waals surface area (Å²) in [6.07, 6.45) is -4.79. The molecule has 0 fully saturated rings. The maximum Gasteiger partial charge on any atom is 0.482 e. The van der Waals surface area contributed by atoms with E-state index in [2.05, 4.69) is 0 Å². The molecule has 0 spiro atoms. The molecule has 0 aliphatic rings. The summed E-state index contributed by atoms with van der Waals surface area (Å²) < 4.78 is 63.5. The lowest BCUT2D eigenvalue weighted by molar-refractivity contribution is -0.0998. The van der Waals surface area contributed by atoms with Gasteiger partial charge in [0.05, 0.1) is 11.1 Å². The highest BCUT2D eigenvalue weighted by Crippen LogP contribution is 2.36. The lowest BCUT2D eigenvalue weighted by Crippen LogP contribution is -2.21. The van der Waals surface area contributed by atoms with E-state index in [1.54, 1.807) is 0 Å². The van der Waals surface area contributed by atoms with Gasteiger partial charge in [-0.15, -0.1) is 0 Å². The van der Waals surface area contributed by atoms with Gasteiger partial charge in [0.25, 0.3) is 0 Å². The molecule has 7 heteroatoms. The minimum Gasteiger partial charge on any atom is -0.507 e. The summed E-state index contributed by atoms with van der Waals surface area (Å²) in [5.41, 5.74) is -0.660. The number of hydrogen-bond donors (Lipinski definition) is 2. The molecule has 0 saturated heterocycles. The smallest absolute Gasteiger partial charge is 0.482 e. The fourth-order valence-corrected chi connectivity index (χ4v) is 1.65. The van der Waals surface area contributed by atoms with E-state index in [0.717, 1.165) is 29.6 Å². The second kappa shape index (κ2) is 4.01. The van der Waals surface area contributed by atoms with Crippen LogP contribution in [0, 0.1) is 11.6 Å². The van der Waals surface area contributed by atoms with Crippen molar-refractivity contribution in [1.29, 1.82) is 0 Å². The molecule has 0 unspecified atom stereocenters. The molecule has 2 N–H and O–H groups in total. The molecule has 0 radical (unpaired) electrons. The van der Waals surface area contributed by atoms with Crippen LogP contribution in [0.15, 0.2) is 24.3 Å². The van der Waals surface area contributed by atoms with Crippen molar-refractivity contribution in [3.8, 4) is 5.75 Å². The van der Waals surface area contributed by atoms with Crippen molar-refractivity contribution in [2.24, 2.45) is 0 Å². The Kier molecular flexibility index (Phi) is 2.76. The van der Waals surface area contributed by atoms with Crippen molar-refractivity contribution in [3.63, 3.8) is 0 Å². The molecular formula is C11H6F5NO.